The Balaban J connectivity index is 1.33. The number of methoxy groups -OCH3 is 1. The van der Waals surface area contributed by atoms with Gasteiger partial charge in [-0.3, -0.25) is 4.79 Å². The lowest BCUT2D eigenvalue weighted by molar-refractivity contribution is -0.125. The van der Waals surface area contributed by atoms with Gasteiger partial charge in [-0.1, -0.05) is 18.2 Å². The van der Waals surface area contributed by atoms with Gasteiger partial charge in [-0.2, -0.15) is 5.10 Å². The van der Waals surface area contributed by atoms with E-state index in [1.807, 2.05) is 30.3 Å². The maximum atomic E-state index is 13.9. The average Bonchev–Trinajstić information content (AvgIpc) is 3.33. The topological polar surface area (TPSA) is 71.8 Å². The third-order valence-corrected chi connectivity index (χ3v) is 6.29. The molecule has 1 N–H and O–H groups in total. The number of nitrogens with one attached hydrogen (secondary N) is 1. The van der Waals surface area contributed by atoms with Crippen LogP contribution in [0.1, 0.15) is 18.4 Å². The minimum Gasteiger partial charge on any atom is -0.497 e. The molecule has 7 nitrogen and oxygen atoms in total. The van der Waals surface area contributed by atoms with E-state index >= 15 is 0 Å². The number of carbonyl (C=O) groups is 1. The molecule has 0 spiro atoms. The van der Waals surface area contributed by atoms with Crippen LogP contribution in [0, 0.1) is 17.6 Å². The van der Waals surface area contributed by atoms with Crippen molar-refractivity contribution in [2.75, 3.05) is 25.1 Å². The van der Waals surface area contributed by atoms with E-state index in [9.17, 15) is 13.6 Å². The highest BCUT2D eigenvalue weighted by Gasteiger charge is 2.28. The van der Waals surface area contributed by atoms with Gasteiger partial charge in [-0.15, -0.1) is 0 Å². The summed E-state index contributed by atoms with van der Waals surface area (Å²) in [5, 5.41) is 7.50. The first-order chi connectivity index (χ1) is 17.0. The van der Waals surface area contributed by atoms with E-state index in [0.717, 1.165) is 53.8 Å². The second-order valence-corrected chi connectivity index (χ2v) is 8.58. The monoisotopic (exact) mass is 477 g/mol. The molecular weight excluding hydrogens is 452 g/mol. The van der Waals surface area contributed by atoms with E-state index < -0.39 is 11.6 Å². The largest absolute Gasteiger partial charge is 0.497 e. The van der Waals surface area contributed by atoms with Gasteiger partial charge in [0.1, 0.15) is 22.9 Å². The van der Waals surface area contributed by atoms with E-state index in [4.69, 9.17) is 9.84 Å². The summed E-state index contributed by atoms with van der Waals surface area (Å²) in [6.45, 7) is 1.27. The maximum Gasteiger partial charge on any atom is 0.225 e. The Labute approximate surface area is 201 Å². The standard InChI is InChI=1S/C26H25F2N5O2/c1-35-21-6-2-4-17(12-21)23-14-24-25(29-9-11-33(24)31-23)32-10-3-5-19(16-32)26(34)30-15-18-7-8-20(27)13-22(18)28/h2,4,6-9,11-14,19H,3,5,10,15-16H2,1H3,(H,30,34)/t19-/m1/s1. The third kappa shape index (κ3) is 4.80. The lowest BCUT2D eigenvalue weighted by atomic mass is 9.97. The summed E-state index contributed by atoms with van der Waals surface area (Å²) in [6.07, 6.45) is 5.05. The molecule has 1 fully saturated rings. The number of anilines is 1. The normalized spacial score (nSPS) is 15.9. The van der Waals surface area contributed by atoms with E-state index in [1.54, 1.807) is 24.0 Å². The average molecular weight is 478 g/mol. The molecule has 1 aliphatic heterocycles. The summed E-state index contributed by atoms with van der Waals surface area (Å²) in [6, 6.07) is 13.0. The van der Waals surface area contributed by atoms with Crippen LogP contribution in [0.2, 0.25) is 0 Å². The summed E-state index contributed by atoms with van der Waals surface area (Å²) in [4.78, 5) is 19.6. The van der Waals surface area contributed by atoms with Crippen LogP contribution in [0.25, 0.3) is 16.8 Å². The molecule has 0 radical (unpaired) electrons. The number of hydrogen-bond donors (Lipinski definition) is 1. The van der Waals surface area contributed by atoms with Crippen molar-refractivity contribution < 1.29 is 18.3 Å². The van der Waals surface area contributed by atoms with Crippen molar-refractivity contribution in [1.82, 2.24) is 19.9 Å². The number of halogens is 2. The van der Waals surface area contributed by atoms with Gasteiger partial charge < -0.3 is 15.0 Å². The number of carbonyl (C=O) groups excluding carboxylic acids is 1. The molecule has 180 valence electrons. The number of rotatable bonds is 6. The predicted octanol–water partition coefficient (Wildman–Crippen LogP) is 4.22. The molecule has 1 amide bonds. The first kappa shape index (κ1) is 22.8. The second-order valence-electron chi connectivity index (χ2n) is 8.58. The zero-order valence-corrected chi connectivity index (χ0v) is 19.2. The fourth-order valence-corrected chi connectivity index (χ4v) is 4.45. The fourth-order valence-electron chi connectivity index (χ4n) is 4.45. The Morgan fingerprint density at radius 1 is 1.20 bits per heavy atom. The van der Waals surface area contributed by atoms with Gasteiger partial charge in [0.15, 0.2) is 5.82 Å². The van der Waals surface area contributed by atoms with E-state index in [2.05, 4.69) is 15.2 Å². The third-order valence-electron chi connectivity index (χ3n) is 6.29. The first-order valence-corrected chi connectivity index (χ1v) is 11.5. The zero-order valence-electron chi connectivity index (χ0n) is 19.2. The van der Waals surface area contributed by atoms with E-state index in [-0.39, 0.29) is 23.9 Å². The van der Waals surface area contributed by atoms with Crippen molar-refractivity contribution in [2.24, 2.45) is 5.92 Å². The highest BCUT2D eigenvalue weighted by molar-refractivity contribution is 5.81. The van der Waals surface area contributed by atoms with Gasteiger partial charge in [-0.25, -0.2) is 18.3 Å². The van der Waals surface area contributed by atoms with Crippen LogP contribution in [-0.4, -0.2) is 40.7 Å². The predicted molar refractivity (Wildman–Crippen MR) is 128 cm³/mol. The van der Waals surface area contributed by atoms with Gasteiger partial charge in [0, 0.05) is 49.2 Å². The smallest absolute Gasteiger partial charge is 0.225 e. The molecule has 5 rings (SSSR count). The minimum atomic E-state index is -0.668. The highest BCUT2D eigenvalue weighted by atomic mass is 19.1. The maximum absolute atomic E-state index is 13.9. The number of fused-ring (bicyclic) bond motifs is 1. The number of ether oxygens (including phenoxy) is 1. The second kappa shape index (κ2) is 9.69. The van der Waals surface area contributed by atoms with Crippen molar-refractivity contribution in [3.8, 4) is 17.0 Å². The molecule has 0 bridgehead atoms. The van der Waals surface area contributed by atoms with Crippen LogP contribution in [-0.2, 0) is 11.3 Å². The van der Waals surface area contributed by atoms with Crippen LogP contribution in [0.3, 0.4) is 0 Å². The quantitative estimate of drug-likeness (QED) is 0.450. The SMILES string of the molecule is COc1cccc(-c2cc3c(N4CCC[C@@H](C(=O)NCc5ccc(F)cc5F)C4)nccn3n2)c1. The Morgan fingerprint density at radius 3 is 2.91 bits per heavy atom. The minimum absolute atomic E-state index is 0.0157. The van der Waals surface area contributed by atoms with Gasteiger partial charge in [0.25, 0.3) is 0 Å². The van der Waals surface area contributed by atoms with Crippen molar-refractivity contribution in [3.05, 3.63) is 78.1 Å². The molecule has 4 aromatic rings. The number of nitrogens with zero attached hydrogens (tertiary/aromatic N) is 4. The summed E-state index contributed by atoms with van der Waals surface area (Å²) >= 11 is 0. The molecule has 1 aliphatic rings. The molecule has 1 saturated heterocycles. The Hall–Kier alpha value is -4.01. The molecule has 0 saturated carbocycles. The number of piperidine rings is 1. The molecular formula is C26H25F2N5O2. The first-order valence-electron chi connectivity index (χ1n) is 11.5. The number of aromatic nitrogens is 3. The van der Waals surface area contributed by atoms with Crippen LogP contribution in [0.4, 0.5) is 14.6 Å². The van der Waals surface area contributed by atoms with Crippen molar-refractivity contribution in [3.63, 3.8) is 0 Å². The van der Waals surface area contributed by atoms with Crippen molar-refractivity contribution in [1.29, 1.82) is 0 Å². The van der Waals surface area contributed by atoms with Crippen LogP contribution < -0.4 is 15.0 Å². The molecule has 3 heterocycles. The summed E-state index contributed by atoms with van der Waals surface area (Å²) in [5.41, 5.74) is 2.83. The number of hydrogen-bond acceptors (Lipinski definition) is 5. The van der Waals surface area contributed by atoms with Gasteiger partial charge in [0.2, 0.25) is 5.91 Å². The molecule has 2 aromatic carbocycles. The van der Waals surface area contributed by atoms with Gasteiger partial charge in [0.05, 0.1) is 18.7 Å². The summed E-state index contributed by atoms with van der Waals surface area (Å²) in [7, 11) is 1.63. The lowest BCUT2D eigenvalue weighted by Crippen LogP contribution is -2.43. The molecule has 35 heavy (non-hydrogen) atoms. The van der Waals surface area contributed by atoms with E-state index in [1.165, 1.54) is 12.1 Å². The molecule has 0 unspecified atom stereocenters. The summed E-state index contributed by atoms with van der Waals surface area (Å²) in [5.74, 6) is -0.221. The Morgan fingerprint density at radius 2 is 2.09 bits per heavy atom. The van der Waals surface area contributed by atoms with E-state index in [0.29, 0.717) is 6.54 Å². The number of amides is 1. The molecule has 2 aromatic heterocycles. The lowest BCUT2D eigenvalue weighted by Gasteiger charge is -2.33. The number of benzene rings is 2. The van der Waals surface area contributed by atoms with Crippen LogP contribution >= 0.6 is 0 Å². The zero-order chi connectivity index (χ0) is 24.4. The van der Waals surface area contributed by atoms with Crippen LogP contribution in [0.15, 0.2) is 60.9 Å². The summed E-state index contributed by atoms with van der Waals surface area (Å²) < 4.78 is 34.2. The molecule has 1 atom stereocenters. The van der Waals surface area contributed by atoms with Crippen LogP contribution in [0.5, 0.6) is 5.75 Å². The molecule has 0 aliphatic carbocycles. The molecule has 9 heteroatoms. The Kier molecular flexibility index (Phi) is 6.31. The highest BCUT2D eigenvalue weighted by Crippen LogP contribution is 2.29. The van der Waals surface area contributed by atoms with Gasteiger partial charge >= 0.3 is 0 Å². The Bertz CT molecular complexity index is 1370. The van der Waals surface area contributed by atoms with Gasteiger partial charge in [-0.05, 0) is 37.1 Å². The van der Waals surface area contributed by atoms with Crippen molar-refractivity contribution in [2.45, 2.75) is 19.4 Å². The van der Waals surface area contributed by atoms with Crippen molar-refractivity contribution >= 4 is 17.2 Å². The fraction of sp³-hybridized carbons (Fsp3) is 0.269.